The second-order valence-electron chi connectivity index (χ2n) is 12.0. The highest BCUT2D eigenvalue weighted by molar-refractivity contribution is 5.95. The molecule has 1 aromatic rings. The number of carboxylic acid groups (broad SMARTS) is 1. The van der Waals surface area contributed by atoms with Crippen molar-refractivity contribution >= 4 is 29.6 Å². The van der Waals surface area contributed by atoms with Gasteiger partial charge in [-0.25, -0.2) is 9.59 Å². The highest BCUT2D eigenvalue weighted by atomic mass is 16.5. The van der Waals surface area contributed by atoms with Crippen LogP contribution in [0.2, 0.25) is 0 Å². The number of carbonyl (C=O) groups is 5. The SMILES string of the molecule is CCCCCCCC(=O)CCCCCC/C=C/[C@H](C(=O)N[C@@H](Cc1ccc(O)cc1)C(=O)OC)[C@@](O)(CC(=O)OC(C)C)C(=O)O. The van der Waals surface area contributed by atoms with Crippen molar-refractivity contribution < 1.29 is 48.8 Å². The van der Waals surface area contributed by atoms with Crippen LogP contribution in [0.1, 0.15) is 110 Å². The number of aliphatic carboxylic acids is 1. The van der Waals surface area contributed by atoms with E-state index in [4.69, 9.17) is 9.47 Å². The van der Waals surface area contributed by atoms with Gasteiger partial charge in [0.1, 0.15) is 17.6 Å². The fourth-order valence-electron chi connectivity index (χ4n) is 4.99. The fourth-order valence-corrected chi connectivity index (χ4v) is 4.99. The van der Waals surface area contributed by atoms with Crippen LogP contribution in [0.3, 0.4) is 0 Å². The Balaban J connectivity index is 2.95. The molecule has 258 valence electrons. The normalized spacial score (nSPS) is 14.0. The Hall–Kier alpha value is -3.73. The lowest BCUT2D eigenvalue weighted by molar-refractivity contribution is -0.175. The van der Waals surface area contributed by atoms with Crippen LogP contribution in [0.5, 0.6) is 5.75 Å². The summed E-state index contributed by atoms with van der Waals surface area (Å²) in [6.07, 6.45) is 11.5. The molecular formula is C35H53NO10. The quantitative estimate of drug-likeness (QED) is 0.0663. The summed E-state index contributed by atoms with van der Waals surface area (Å²) in [5, 5.41) is 33.3. The van der Waals surface area contributed by atoms with Gasteiger partial charge in [0, 0.05) is 19.3 Å². The number of hydrogen-bond donors (Lipinski definition) is 4. The summed E-state index contributed by atoms with van der Waals surface area (Å²) in [4.78, 5) is 63.0. The Bertz CT molecular complexity index is 1130. The number of phenols is 1. The van der Waals surface area contributed by atoms with Crippen molar-refractivity contribution in [3.63, 3.8) is 0 Å². The van der Waals surface area contributed by atoms with E-state index < -0.39 is 53.9 Å². The van der Waals surface area contributed by atoms with Gasteiger partial charge >= 0.3 is 17.9 Å². The number of phenolic OH excluding ortho intramolecular Hbond substituents is 1. The summed E-state index contributed by atoms with van der Waals surface area (Å²) < 4.78 is 9.88. The Morgan fingerprint density at radius 2 is 1.50 bits per heavy atom. The van der Waals surface area contributed by atoms with Gasteiger partial charge < -0.3 is 30.1 Å². The molecule has 0 fully saturated rings. The summed E-state index contributed by atoms with van der Waals surface area (Å²) in [5.74, 6) is -6.08. The largest absolute Gasteiger partial charge is 0.508 e. The zero-order valence-electron chi connectivity index (χ0n) is 27.8. The predicted molar refractivity (Wildman–Crippen MR) is 173 cm³/mol. The number of aliphatic hydroxyl groups is 1. The van der Waals surface area contributed by atoms with E-state index in [1.165, 1.54) is 31.1 Å². The second kappa shape index (κ2) is 21.9. The van der Waals surface area contributed by atoms with Crippen molar-refractivity contribution in [1.29, 1.82) is 0 Å². The van der Waals surface area contributed by atoms with Gasteiger partial charge in [-0.2, -0.15) is 0 Å². The zero-order chi connectivity index (χ0) is 34.5. The molecule has 0 spiro atoms. The molecule has 1 aromatic carbocycles. The van der Waals surface area contributed by atoms with Crippen molar-refractivity contribution in [2.75, 3.05) is 7.11 Å². The number of ketones is 1. The van der Waals surface area contributed by atoms with E-state index in [1.54, 1.807) is 32.1 Å². The molecule has 0 aromatic heterocycles. The smallest absolute Gasteiger partial charge is 0.337 e. The monoisotopic (exact) mass is 647 g/mol. The number of esters is 2. The number of rotatable bonds is 24. The highest BCUT2D eigenvalue weighted by Crippen LogP contribution is 2.27. The van der Waals surface area contributed by atoms with Crippen LogP contribution in [-0.2, 0) is 39.9 Å². The third kappa shape index (κ3) is 15.5. The van der Waals surface area contributed by atoms with Gasteiger partial charge in [-0.05, 0) is 57.2 Å². The molecule has 0 aliphatic carbocycles. The Kier molecular flexibility index (Phi) is 19.2. The fraction of sp³-hybridized carbons (Fsp3) is 0.629. The number of nitrogens with one attached hydrogen (secondary N) is 1. The van der Waals surface area contributed by atoms with Crippen LogP contribution in [0.15, 0.2) is 36.4 Å². The maximum Gasteiger partial charge on any atom is 0.337 e. The van der Waals surface area contributed by atoms with Gasteiger partial charge in [0.25, 0.3) is 0 Å². The predicted octanol–water partition coefficient (Wildman–Crippen LogP) is 5.19. The van der Waals surface area contributed by atoms with Crippen LogP contribution in [0.4, 0.5) is 0 Å². The Labute approximate surface area is 272 Å². The molecule has 3 atom stereocenters. The van der Waals surface area contributed by atoms with Gasteiger partial charge in [0.05, 0.1) is 25.6 Å². The number of carbonyl (C=O) groups excluding carboxylic acids is 4. The van der Waals surface area contributed by atoms with E-state index in [-0.39, 0.29) is 18.0 Å². The molecule has 0 heterocycles. The summed E-state index contributed by atoms with van der Waals surface area (Å²) in [7, 11) is 1.13. The van der Waals surface area contributed by atoms with E-state index in [1.807, 2.05) is 0 Å². The Morgan fingerprint density at radius 3 is 2.04 bits per heavy atom. The van der Waals surface area contributed by atoms with E-state index in [2.05, 4.69) is 12.2 Å². The minimum Gasteiger partial charge on any atom is -0.508 e. The molecule has 0 saturated heterocycles. The van der Waals surface area contributed by atoms with E-state index >= 15 is 0 Å². The topological polar surface area (TPSA) is 177 Å². The number of amides is 1. The number of hydrogen-bond acceptors (Lipinski definition) is 9. The number of allylic oxidation sites excluding steroid dienone is 1. The zero-order valence-corrected chi connectivity index (χ0v) is 27.8. The first kappa shape index (κ1) is 40.3. The average Bonchev–Trinajstić information content (AvgIpc) is 2.99. The molecule has 46 heavy (non-hydrogen) atoms. The van der Waals surface area contributed by atoms with Gasteiger partial charge in [0.2, 0.25) is 5.91 Å². The maximum atomic E-state index is 13.6. The summed E-state index contributed by atoms with van der Waals surface area (Å²) in [6.45, 7) is 5.29. The van der Waals surface area contributed by atoms with E-state index in [0.717, 1.165) is 45.6 Å². The van der Waals surface area contributed by atoms with Crippen LogP contribution in [-0.4, -0.2) is 69.8 Å². The number of unbranched alkanes of at least 4 members (excludes halogenated alkanes) is 8. The van der Waals surface area contributed by atoms with E-state index in [0.29, 0.717) is 31.2 Å². The molecule has 0 unspecified atom stereocenters. The number of ether oxygens (including phenoxy) is 2. The highest BCUT2D eigenvalue weighted by Gasteiger charge is 2.49. The van der Waals surface area contributed by atoms with Crippen molar-refractivity contribution in [3.05, 3.63) is 42.0 Å². The van der Waals surface area contributed by atoms with Gasteiger partial charge in [-0.3, -0.25) is 14.4 Å². The number of carboxylic acids is 1. The molecule has 0 aliphatic heterocycles. The molecule has 0 saturated carbocycles. The van der Waals surface area contributed by atoms with Crippen molar-refractivity contribution in [1.82, 2.24) is 5.32 Å². The maximum absolute atomic E-state index is 13.6. The van der Waals surface area contributed by atoms with Crippen molar-refractivity contribution in [2.24, 2.45) is 5.92 Å². The molecule has 1 rings (SSSR count). The molecule has 0 radical (unpaired) electrons. The first-order valence-corrected chi connectivity index (χ1v) is 16.3. The number of methoxy groups -OCH3 is 1. The van der Waals surface area contributed by atoms with Crippen molar-refractivity contribution in [2.45, 2.75) is 128 Å². The number of Topliss-reactive ketones (excluding diaryl/α,β-unsaturated/α-hetero) is 1. The lowest BCUT2D eigenvalue weighted by atomic mass is 9.82. The van der Waals surface area contributed by atoms with Crippen LogP contribution in [0.25, 0.3) is 0 Å². The minimum absolute atomic E-state index is 0.00839. The molecule has 11 nitrogen and oxygen atoms in total. The lowest BCUT2D eigenvalue weighted by Crippen LogP contribution is -2.55. The summed E-state index contributed by atoms with van der Waals surface area (Å²) in [5.41, 5.74) is -2.30. The number of benzene rings is 1. The van der Waals surface area contributed by atoms with E-state index in [9.17, 15) is 39.3 Å². The lowest BCUT2D eigenvalue weighted by Gasteiger charge is -2.30. The first-order valence-electron chi connectivity index (χ1n) is 16.3. The third-order valence-electron chi connectivity index (χ3n) is 7.59. The molecule has 4 N–H and O–H groups in total. The minimum atomic E-state index is -2.87. The van der Waals surface area contributed by atoms with Gasteiger partial charge in [0.15, 0.2) is 5.60 Å². The summed E-state index contributed by atoms with van der Waals surface area (Å²) >= 11 is 0. The number of aromatic hydroxyl groups is 1. The van der Waals surface area contributed by atoms with Crippen LogP contribution < -0.4 is 5.32 Å². The van der Waals surface area contributed by atoms with Crippen molar-refractivity contribution in [3.8, 4) is 5.75 Å². The van der Waals surface area contributed by atoms with Gasteiger partial charge in [-0.15, -0.1) is 0 Å². The van der Waals surface area contributed by atoms with Crippen LogP contribution in [0, 0.1) is 5.92 Å². The van der Waals surface area contributed by atoms with Gasteiger partial charge in [-0.1, -0.05) is 69.7 Å². The van der Waals surface area contributed by atoms with Crippen LogP contribution >= 0.6 is 0 Å². The standard InChI is InChI=1S/C35H53NO10/c1-5-6-7-10-13-16-27(37)17-14-11-8-9-12-15-18-29(35(44,34(42)43)24-31(39)46-25(2)3)32(40)36-30(33(41)45-4)23-26-19-21-28(38)22-20-26/h15,18-22,25,29-30,38,44H,5-14,16-17,23-24H2,1-4H3,(H,36,40)(H,42,43)/b18-15+/t29-,30+,35+/m1/s1. The molecule has 0 aliphatic rings. The molecular weight excluding hydrogens is 594 g/mol. The molecule has 0 bridgehead atoms. The second-order valence-corrected chi connectivity index (χ2v) is 12.0. The third-order valence-corrected chi connectivity index (χ3v) is 7.59. The Morgan fingerprint density at radius 1 is 0.913 bits per heavy atom. The average molecular weight is 648 g/mol. The first-order chi connectivity index (χ1) is 21.8. The molecule has 11 heteroatoms. The molecule has 1 amide bonds. The summed E-state index contributed by atoms with van der Waals surface area (Å²) in [6, 6.07) is 4.67.